The van der Waals surface area contributed by atoms with E-state index in [9.17, 15) is 22.0 Å². The number of sulfonamides is 1. The Hall–Kier alpha value is -2.84. The van der Waals surface area contributed by atoms with E-state index in [0.29, 0.717) is 0 Å². The molecule has 4 rings (SSSR count). The van der Waals surface area contributed by atoms with Gasteiger partial charge in [-0.25, -0.2) is 17.2 Å². The Morgan fingerprint density at radius 3 is 2.20 bits per heavy atom. The first-order valence-electron chi connectivity index (χ1n) is 9.60. The largest absolute Gasteiger partial charge is 0.321 e. The maximum absolute atomic E-state index is 13.8. The van der Waals surface area contributed by atoms with Gasteiger partial charge in [0.05, 0.1) is 4.90 Å². The fourth-order valence-corrected chi connectivity index (χ4v) is 5.18. The lowest BCUT2D eigenvalue weighted by molar-refractivity contribution is -0.121. The van der Waals surface area contributed by atoms with Gasteiger partial charge >= 0.3 is 0 Å². The number of benzene rings is 3. The zero-order chi connectivity index (χ0) is 21.3. The molecule has 3 aromatic carbocycles. The summed E-state index contributed by atoms with van der Waals surface area (Å²) in [4.78, 5) is 12.6. The topological polar surface area (TPSA) is 66.5 Å². The molecule has 5 nitrogen and oxygen atoms in total. The lowest BCUT2D eigenvalue weighted by atomic mass is 9.97. The first kappa shape index (κ1) is 20.4. The van der Waals surface area contributed by atoms with Crippen LogP contribution in [0.5, 0.6) is 0 Å². The Bertz CT molecular complexity index is 1190. The van der Waals surface area contributed by atoms with Crippen LogP contribution in [0.3, 0.4) is 0 Å². The second-order valence-electron chi connectivity index (χ2n) is 7.27. The van der Waals surface area contributed by atoms with Crippen LogP contribution in [0.4, 0.5) is 14.5 Å². The number of hydrogen-bond acceptors (Lipinski definition) is 3. The van der Waals surface area contributed by atoms with Crippen molar-refractivity contribution in [3.63, 3.8) is 0 Å². The zero-order valence-electron chi connectivity index (χ0n) is 16.0. The fraction of sp³-hybridized carbons (Fsp3) is 0.227. The van der Waals surface area contributed by atoms with Crippen LogP contribution < -0.4 is 5.32 Å². The molecule has 1 fully saturated rings. The second kappa shape index (κ2) is 8.12. The number of nitrogens with zero attached hydrogens (tertiary/aromatic N) is 1. The van der Waals surface area contributed by atoms with Gasteiger partial charge in [-0.1, -0.05) is 36.4 Å². The van der Waals surface area contributed by atoms with E-state index in [0.717, 1.165) is 22.9 Å². The minimum absolute atomic E-state index is 0.160. The number of halogens is 2. The highest BCUT2D eigenvalue weighted by atomic mass is 32.2. The van der Waals surface area contributed by atoms with Crippen molar-refractivity contribution in [1.82, 2.24) is 4.31 Å². The highest BCUT2D eigenvalue weighted by molar-refractivity contribution is 7.89. The van der Waals surface area contributed by atoms with Gasteiger partial charge in [-0.15, -0.1) is 0 Å². The van der Waals surface area contributed by atoms with Gasteiger partial charge in [0.15, 0.2) is 0 Å². The SMILES string of the molecule is O=C(Nc1c(F)cccc1F)C1CCN(S(=O)(=O)c2ccc3ccccc3c2)CC1. The van der Waals surface area contributed by atoms with Crippen molar-refractivity contribution in [2.45, 2.75) is 17.7 Å². The highest BCUT2D eigenvalue weighted by Gasteiger charge is 2.32. The number of hydrogen-bond donors (Lipinski definition) is 1. The molecule has 0 aromatic heterocycles. The number of fused-ring (bicyclic) bond motifs is 1. The number of amides is 1. The van der Waals surface area contributed by atoms with E-state index in [2.05, 4.69) is 5.32 Å². The van der Waals surface area contributed by atoms with Gasteiger partial charge in [0.25, 0.3) is 0 Å². The summed E-state index contributed by atoms with van der Waals surface area (Å²) in [5.41, 5.74) is -0.478. The van der Waals surface area contributed by atoms with E-state index in [4.69, 9.17) is 0 Å². The summed E-state index contributed by atoms with van der Waals surface area (Å²) >= 11 is 0. The molecule has 3 aromatic rings. The average molecular weight is 430 g/mol. The number of carbonyl (C=O) groups excluding carboxylic acids is 1. The van der Waals surface area contributed by atoms with E-state index >= 15 is 0 Å². The van der Waals surface area contributed by atoms with Gasteiger partial charge < -0.3 is 5.32 Å². The van der Waals surface area contributed by atoms with Crippen molar-refractivity contribution in [1.29, 1.82) is 0 Å². The molecule has 30 heavy (non-hydrogen) atoms. The molecule has 1 aliphatic rings. The predicted molar refractivity (Wildman–Crippen MR) is 110 cm³/mol. The van der Waals surface area contributed by atoms with E-state index < -0.39 is 39.2 Å². The molecule has 0 saturated carbocycles. The molecule has 1 amide bonds. The standard InChI is InChI=1S/C22H20F2N2O3S/c23-19-6-3-7-20(24)21(19)25-22(27)16-10-12-26(13-11-16)30(28,29)18-9-8-15-4-1-2-5-17(15)14-18/h1-9,14,16H,10-13H2,(H,25,27). The van der Waals surface area contributed by atoms with Crippen LogP contribution in [0.15, 0.2) is 65.6 Å². The molecular weight excluding hydrogens is 410 g/mol. The summed E-state index contributed by atoms with van der Waals surface area (Å²) < 4.78 is 54.9. The molecule has 1 aliphatic heterocycles. The first-order chi connectivity index (χ1) is 14.4. The molecule has 1 N–H and O–H groups in total. The van der Waals surface area contributed by atoms with E-state index in [1.807, 2.05) is 24.3 Å². The van der Waals surface area contributed by atoms with Crippen molar-refractivity contribution < 1.29 is 22.0 Å². The third kappa shape index (κ3) is 3.93. The van der Waals surface area contributed by atoms with Gasteiger partial charge in [-0.2, -0.15) is 4.31 Å². The Morgan fingerprint density at radius 2 is 1.53 bits per heavy atom. The minimum atomic E-state index is -3.69. The molecule has 0 spiro atoms. The van der Waals surface area contributed by atoms with Crippen molar-refractivity contribution in [2.75, 3.05) is 18.4 Å². The van der Waals surface area contributed by atoms with Crippen molar-refractivity contribution in [2.24, 2.45) is 5.92 Å². The quantitative estimate of drug-likeness (QED) is 0.676. The molecule has 1 saturated heterocycles. The summed E-state index contributed by atoms with van der Waals surface area (Å²) in [5.74, 6) is -2.73. The summed E-state index contributed by atoms with van der Waals surface area (Å²) in [6, 6.07) is 15.8. The minimum Gasteiger partial charge on any atom is -0.321 e. The van der Waals surface area contributed by atoms with E-state index in [-0.39, 0.29) is 30.8 Å². The number of anilines is 1. The molecule has 8 heteroatoms. The Labute approximate surface area is 173 Å². The van der Waals surface area contributed by atoms with Crippen LogP contribution in [0.1, 0.15) is 12.8 Å². The van der Waals surface area contributed by atoms with Crippen LogP contribution in [0.2, 0.25) is 0 Å². The van der Waals surface area contributed by atoms with E-state index in [1.54, 1.807) is 18.2 Å². The summed E-state index contributed by atoms with van der Waals surface area (Å²) in [6.45, 7) is 0.319. The van der Waals surface area contributed by atoms with Crippen molar-refractivity contribution in [3.05, 3.63) is 72.3 Å². The molecule has 156 valence electrons. The Kier molecular flexibility index (Phi) is 5.53. The third-order valence-electron chi connectivity index (χ3n) is 5.39. The normalized spacial score (nSPS) is 15.9. The van der Waals surface area contributed by atoms with Gasteiger partial charge in [0, 0.05) is 19.0 Å². The second-order valence-corrected chi connectivity index (χ2v) is 9.21. The number of piperidine rings is 1. The number of carbonyl (C=O) groups is 1. The predicted octanol–water partition coefficient (Wildman–Crippen LogP) is 4.16. The van der Waals surface area contributed by atoms with Gasteiger partial charge in [-0.3, -0.25) is 4.79 Å². The molecular formula is C22H20F2N2O3S. The van der Waals surface area contributed by atoms with Gasteiger partial charge in [0.1, 0.15) is 17.3 Å². The average Bonchev–Trinajstić information content (AvgIpc) is 2.76. The number of nitrogens with one attached hydrogen (secondary N) is 1. The molecule has 0 aliphatic carbocycles. The highest BCUT2D eigenvalue weighted by Crippen LogP contribution is 2.27. The summed E-state index contributed by atoms with van der Waals surface area (Å²) in [5, 5.41) is 4.08. The fourth-order valence-electron chi connectivity index (χ4n) is 3.68. The maximum Gasteiger partial charge on any atom is 0.243 e. The van der Waals surface area contributed by atoms with Gasteiger partial charge in [0.2, 0.25) is 15.9 Å². The lowest BCUT2D eigenvalue weighted by Gasteiger charge is -2.30. The van der Waals surface area contributed by atoms with E-state index in [1.165, 1.54) is 10.4 Å². The van der Waals surface area contributed by atoms with Crippen LogP contribution in [0.25, 0.3) is 10.8 Å². The van der Waals surface area contributed by atoms with Crippen LogP contribution >= 0.6 is 0 Å². The molecule has 0 atom stereocenters. The maximum atomic E-state index is 13.8. The van der Waals surface area contributed by atoms with Crippen LogP contribution in [-0.2, 0) is 14.8 Å². The number of para-hydroxylation sites is 1. The van der Waals surface area contributed by atoms with Crippen molar-refractivity contribution >= 4 is 32.4 Å². The Morgan fingerprint density at radius 1 is 0.900 bits per heavy atom. The molecule has 0 unspecified atom stereocenters. The molecule has 0 bridgehead atoms. The van der Waals surface area contributed by atoms with Gasteiger partial charge in [-0.05, 0) is 47.9 Å². The Balaban J connectivity index is 1.45. The molecule has 1 heterocycles. The third-order valence-corrected chi connectivity index (χ3v) is 7.29. The van der Waals surface area contributed by atoms with Crippen LogP contribution in [0, 0.1) is 17.6 Å². The first-order valence-corrected chi connectivity index (χ1v) is 11.0. The molecule has 0 radical (unpaired) electrons. The smallest absolute Gasteiger partial charge is 0.243 e. The van der Waals surface area contributed by atoms with Crippen molar-refractivity contribution in [3.8, 4) is 0 Å². The lowest BCUT2D eigenvalue weighted by Crippen LogP contribution is -2.41. The monoisotopic (exact) mass is 430 g/mol. The number of rotatable bonds is 4. The summed E-state index contributed by atoms with van der Waals surface area (Å²) in [7, 11) is -3.69. The van der Waals surface area contributed by atoms with Crippen LogP contribution in [-0.4, -0.2) is 31.7 Å². The zero-order valence-corrected chi connectivity index (χ0v) is 16.8. The summed E-state index contributed by atoms with van der Waals surface area (Å²) in [6.07, 6.45) is 0.545.